The summed E-state index contributed by atoms with van der Waals surface area (Å²) in [6.45, 7) is 3.86. The molecule has 0 aliphatic heterocycles. The maximum absolute atomic E-state index is 13.3. The standard InChI is InChI=1S/C16H15ClFN3/c1-10-7-13-16(19-9-10)21(15(20-13)5-6-17)14-4-3-12(18)8-11(14)2/h3-4,7-9H,5-6H2,1-2H3. The van der Waals surface area contributed by atoms with Crippen LogP contribution in [0.2, 0.25) is 0 Å². The number of aryl methyl sites for hydroxylation is 3. The molecule has 0 N–H and O–H groups in total. The maximum Gasteiger partial charge on any atom is 0.164 e. The molecule has 0 amide bonds. The van der Waals surface area contributed by atoms with Crippen molar-refractivity contribution in [1.82, 2.24) is 14.5 Å². The van der Waals surface area contributed by atoms with Crippen molar-refractivity contribution in [1.29, 1.82) is 0 Å². The maximum atomic E-state index is 13.3. The van der Waals surface area contributed by atoms with Crippen molar-refractivity contribution in [2.45, 2.75) is 20.3 Å². The lowest BCUT2D eigenvalue weighted by atomic mass is 10.2. The summed E-state index contributed by atoms with van der Waals surface area (Å²) in [6, 6.07) is 6.72. The van der Waals surface area contributed by atoms with E-state index in [0.717, 1.165) is 33.8 Å². The molecule has 0 atom stereocenters. The summed E-state index contributed by atoms with van der Waals surface area (Å²) in [7, 11) is 0. The number of hydrogen-bond donors (Lipinski definition) is 0. The van der Waals surface area contributed by atoms with Gasteiger partial charge in [0, 0.05) is 18.5 Å². The Balaban J connectivity index is 2.30. The summed E-state index contributed by atoms with van der Waals surface area (Å²) in [4.78, 5) is 9.11. The van der Waals surface area contributed by atoms with Gasteiger partial charge in [0.1, 0.15) is 17.2 Å². The Morgan fingerprint density at radius 3 is 2.76 bits per heavy atom. The highest BCUT2D eigenvalue weighted by molar-refractivity contribution is 6.17. The van der Waals surface area contributed by atoms with Crippen LogP contribution in [0.1, 0.15) is 17.0 Å². The fraction of sp³-hybridized carbons (Fsp3) is 0.250. The normalized spacial score (nSPS) is 11.2. The molecule has 0 aliphatic carbocycles. The number of pyridine rings is 1. The number of fused-ring (bicyclic) bond motifs is 1. The molecule has 3 nitrogen and oxygen atoms in total. The SMILES string of the molecule is Cc1cnc2c(c1)nc(CCCl)n2-c1ccc(F)cc1C. The van der Waals surface area contributed by atoms with Gasteiger partial charge in [-0.2, -0.15) is 0 Å². The van der Waals surface area contributed by atoms with Crippen LogP contribution < -0.4 is 0 Å². The van der Waals surface area contributed by atoms with Crippen LogP contribution in [0.15, 0.2) is 30.5 Å². The van der Waals surface area contributed by atoms with Gasteiger partial charge in [0.2, 0.25) is 0 Å². The molecule has 0 saturated heterocycles. The lowest BCUT2D eigenvalue weighted by Gasteiger charge is -2.11. The van der Waals surface area contributed by atoms with E-state index in [9.17, 15) is 4.39 Å². The van der Waals surface area contributed by atoms with Crippen molar-refractivity contribution in [2.75, 3.05) is 5.88 Å². The van der Waals surface area contributed by atoms with Gasteiger partial charge in [0.15, 0.2) is 5.65 Å². The Kier molecular flexibility index (Phi) is 3.64. The van der Waals surface area contributed by atoms with Crippen molar-refractivity contribution in [3.8, 4) is 5.69 Å². The third kappa shape index (κ3) is 2.51. The average molecular weight is 304 g/mol. The first-order chi connectivity index (χ1) is 10.1. The lowest BCUT2D eigenvalue weighted by molar-refractivity contribution is 0.626. The second-order valence-corrected chi connectivity index (χ2v) is 5.47. The molecule has 3 rings (SSSR count). The fourth-order valence-corrected chi connectivity index (χ4v) is 2.66. The third-order valence-electron chi connectivity index (χ3n) is 3.42. The number of benzene rings is 1. The van der Waals surface area contributed by atoms with Crippen LogP contribution in [0.25, 0.3) is 16.9 Å². The zero-order chi connectivity index (χ0) is 15.0. The molecule has 0 aliphatic rings. The zero-order valence-electron chi connectivity index (χ0n) is 11.9. The van der Waals surface area contributed by atoms with Crippen LogP contribution in [-0.4, -0.2) is 20.4 Å². The smallest absolute Gasteiger partial charge is 0.164 e. The minimum absolute atomic E-state index is 0.247. The highest BCUT2D eigenvalue weighted by Gasteiger charge is 2.15. The molecule has 0 bridgehead atoms. The first-order valence-electron chi connectivity index (χ1n) is 6.76. The predicted molar refractivity (Wildman–Crippen MR) is 82.7 cm³/mol. The number of aromatic nitrogens is 3. The predicted octanol–water partition coefficient (Wildman–Crippen LogP) is 3.96. The van der Waals surface area contributed by atoms with Crippen LogP contribution in [0.5, 0.6) is 0 Å². The quantitative estimate of drug-likeness (QED) is 0.686. The summed E-state index contributed by atoms with van der Waals surface area (Å²) in [5, 5.41) is 0. The Morgan fingerprint density at radius 1 is 1.24 bits per heavy atom. The van der Waals surface area contributed by atoms with E-state index in [1.807, 2.05) is 30.7 Å². The van der Waals surface area contributed by atoms with E-state index in [4.69, 9.17) is 11.6 Å². The molecule has 0 radical (unpaired) electrons. The van der Waals surface area contributed by atoms with Crippen LogP contribution in [-0.2, 0) is 6.42 Å². The Bertz CT molecular complexity index is 811. The van der Waals surface area contributed by atoms with Gasteiger partial charge in [0.25, 0.3) is 0 Å². The number of nitrogens with zero attached hydrogens (tertiary/aromatic N) is 3. The van der Waals surface area contributed by atoms with E-state index >= 15 is 0 Å². The van der Waals surface area contributed by atoms with Crippen LogP contribution in [0, 0.1) is 19.7 Å². The molecular formula is C16H15ClFN3. The summed E-state index contributed by atoms with van der Waals surface area (Å²) in [5.74, 6) is 1.07. The van der Waals surface area contributed by atoms with Crippen molar-refractivity contribution in [3.63, 3.8) is 0 Å². The second kappa shape index (κ2) is 5.45. The van der Waals surface area contributed by atoms with Crippen molar-refractivity contribution in [2.24, 2.45) is 0 Å². The molecule has 1 aromatic carbocycles. The monoisotopic (exact) mass is 303 g/mol. The third-order valence-corrected chi connectivity index (χ3v) is 3.61. The van der Waals surface area contributed by atoms with Gasteiger partial charge >= 0.3 is 0 Å². The topological polar surface area (TPSA) is 30.7 Å². The van der Waals surface area contributed by atoms with Crippen molar-refractivity contribution < 1.29 is 4.39 Å². The van der Waals surface area contributed by atoms with E-state index in [1.165, 1.54) is 12.1 Å². The number of alkyl halides is 1. The van der Waals surface area contributed by atoms with Crippen molar-refractivity contribution in [3.05, 3.63) is 53.2 Å². The van der Waals surface area contributed by atoms with E-state index in [1.54, 1.807) is 6.07 Å². The minimum atomic E-state index is -0.247. The summed E-state index contributed by atoms with van der Waals surface area (Å²) < 4.78 is 15.3. The molecule has 2 heterocycles. The van der Waals surface area contributed by atoms with Gasteiger partial charge in [-0.25, -0.2) is 14.4 Å². The molecular weight excluding hydrogens is 289 g/mol. The molecule has 108 valence electrons. The van der Waals surface area contributed by atoms with Crippen molar-refractivity contribution >= 4 is 22.8 Å². The highest BCUT2D eigenvalue weighted by Crippen LogP contribution is 2.24. The van der Waals surface area contributed by atoms with E-state index < -0.39 is 0 Å². The lowest BCUT2D eigenvalue weighted by Crippen LogP contribution is -2.05. The molecule has 0 fully saturated rings. The molecule has 5 heteroatoms. The fourth-order valence-electron chi connectivity index (χ4n) is 2.49. The molecule has 21 heavy (non-hydrogen) atoms. The molecule has 3 aromatic rings. The number of halogens is 2. The first-order valence-corrected chi connectivity index (χ1v) is 7.30. The number of imidazole rings is 1. The Labute approximate surface area is 127 Å². The first kappa shape index (κ1) is 14.0. The van der Waals surface area contributed by atoms with Crippen LogP contribution in [0.4, 0.5) is 4.39 Å². The molecule has 0 spiro atoms. The molecule has 0 saturated carbocycles. The Hall–Kier alpha value is -1.94. The summed E-state index contributed by atoms with van der Waals surface area (Å²) in [5.41, 5.74) is 4.39. The van der Waals surface area contributed by atoms with E-state index in [0.29, 0.717) is 12.3 Å². The van der Waals surface area contributed by atoms with Gasteiger partial charge in [-0.05, 0) is 49.2 Å². The van der Waals surface area contributed by atoms with Gasteiger partial charge in [-0.3, -0.25) is 4.57 Å². The van der Waals surface area contributed by atoms with Gasteiger partial charge in [0.05, 0.1) is 5.69 Å². The highest BCUT2D eigenvalue weighted by atomic mass is 35.5. The van der Waals surface area contributed by atoms with Gasteiger partial charge in [-0.15, -0.1) is 11.6 Å². The van der Waals surface area contributed by atoms with Crippen LogP contribution in [0.3, 0.4) is 0 Å². The second-order valence-electron chi connectivity index (χ2n) is 5.09. The summed E-state index contributed by atoms with van der Waals surface area (Å²) in [6.07, 6.45) is 2.44. The van der Waals surface area contributed by atoms with Gasteiger partial charge < -0.3 is 0 Å². The van der Waals surface area contributed by atoms with E-state index in [2.05, 4.69) is 9.97 Å². The minimum Gasteiger partial charge on any atom is -0.280 e. The zero-order valence-corrected chi connectivity index (χ0v) is 12.7. The number of rotatable bonds is 3. The summed E-state index contributed by atoms with van der Waals surface area (Å²) >= 11 is 5.89. The van der Waals surface area contributed by atoms with Gasteiger partial charge in [-0.1, -0.05) is 0 Å². The Morgan fingerprint density at radius 2 is 2.05 bits per heavy atom. The average Bonchev–Trinajstić information content (AvgIpc) is 2.76. The van der Waals surface area contributed by atoms with Crippen LogP contribution >= 0.6 is 11.6 Å². The van der Waals surface area contributed by atoms with E-state index in [-0.39, 0.29) is 5.82 Å². The molecule has 2 aromatic heterocycles. The largest absolute Gasteiger partial charge is 0.280 e. The number of hydrogen-bond acceptors (Lipinski definition) is 2. The molecule has 0 unspecified atom stereocenters.